The lowest BCUT2D eigenvalue weighted by Crippen LogP contribution is -2.45. The molecule has 7 nitrogen and oxygen atoms in total. The molecule has 1 saturated heterocycles. The summed E-state index contributed by atoms with van der Waals surface area (Å²) in [5, 5.41) is 2.98. The highest BCUT2D eigenvalue weighted by molar-refractivity contribution is 7.92. The van der Waals surface area contributed by atoms with Gasteiger partial charge in [-0.3, -0.25) is 14.3 Å². The maximum absolute atomic E-state index is 13.1. The van der Waals surface area contributed by atoms with Gasteiger partial charge >= 0.3 is 0 Å². The number of rotatable bonds is 8. The molecule has 1 aliphatic heterocycles. The van der Waals surface area contributed by atoms with Crippen LogP contribution in [0.3, 0.4) is 0 Å². The van der Waals surface area contributed by atoms with Crippen molar-refractivity contribution in [3.63, 3.8) is 0 Å². The minimum absolute atomic E-state index is 0.00658. The second-order valence-corrected chi connectivity index (χ2v) is 10.7. The largest absolute Gasteiger partial charge is 0.356 e. The molecule has 0 unspecified atom stereocenters. The van der Waals surface area contributed by atoms with Crippen molar-refractivity contribution in [2.75, 3.05) is 24.4 Å². The molecule has 2 amide bonds. The third kappa shape index (κ3) is 6.57. The Bertz CT molecular complexity index is 1100. The first-order valence-electron chi connectivity index (χ1n) is 11.4. The summed E-state index contributed by atoms with van der Waals surface area (Å²) in [5.41, 5.74) is 1.35. The summed E-state index contributed by atoms with van der Waals surface area (Å²) >= 11 is 0. The average molecular weight is 472 g/mol. The SMILES string of the molecule is Cc1ccccc1S(=O)(=O)Nc1cccc(C(=O)N2CCC[C@H](C(=O)NCCC(C)C)C2)c1. The van der Waals surface area contributed by atoms with Crippen LogP contribution in [0.2, 0.25) is 0 Å². The predicted octanol–water partition coefficient (Wildman–Crippen LogP) is 3.81. The minimum atomic E-state index is -3.77. The van der Waals surface area contributed by atoms with E-state index in [4.69, 9.17) is 0 Å². The molecule has 0 radical (unpaired) electrons. The van der Waals surface area contributed by atoms with Crippen molar-refractivity contribution < 1.29 is 18.0 Å². The zero-order chi connectivity index (χ0) is 24.0. The Labute approximate surface area is 196 Å². The monoisotopic (exact) mass is 471 g/mol. The van der Waals surface area contributed by atoms with Gasteiger partial charge in [0, 0.05) is 30.9 Å². The van der Waals surface area contributed by atoms with E-state index in [1.165, 1.54) is 0 Å². The van der Waals surface area contributed by atoms with Crippen molar-refractivity contribution in [1.82, 2.24) is 10.2 Å². The number of hydrogen-bond acceptors (Lipinski definition) is 4. The smallest absolute Gasteiger partial charge is 0.262 e. The molecule has 1 atom stereocenters. The lowest BCUT2D eigenvalue weighted by Gasteiger charge is -2.32. The van der Waals surface area contributed by atoms with Crippen molar-refractivity contribution in [2.24, 2.45) is 11.8 Å². The summed E-state index contributed by atoms with van der Waals surface area (Å²) in [6.45, 7) is 7.55. The van der Waals surface area contributed by atoms with Crippen LogP contribution >= 0.6 is 0 Å². The number of anilines is 1. The highest BCUT2D eigenvalue weighted by atomic mass is 32.2. The normalized spacial score (nSPS) is 16.5. The third-order valence-electron chi connectivity index (χ3n) is 5.85. The second-order valence-electron chi connectivity index (χ2n) is 9.02. The molecule has 3 rings (SSSR count). The summed E-state index contributed by atoms with van der Waals surface area (Å²) in [6, 6.07) is 13.2. The molecular weight excluding hydrogens is 438 g/mol. The Kier molecular flexibility index (Phi) is 8.13. The lowest BCUT2D eigenvalue weighted by atomic mass is 9.96. The molecule has 2 N–H and O–H groups in total. The summed E-state index contributed by atoms with van der Waals surface area (Å²) in [4.78, 5) is 27.5. The number of nitrogens with zero attached hydrogens (tertiary/aromatic N) is 1. The fourth-order valence-corrected chi connectivity index (χ4v) is 5.27. The summed E-state index contributed by atoms with van der Waals surface area (Å²) in [7, 11) is -3.77. The molecule has 1 heterocycles. The molecule has 8 heteroatoms. The summed E-state index contributed by atoms with van der Waals surface area (Å²) < 4.78 is 28.2. The van der Waals surface area contributed by atoms with Crippen molar-refractivity contribution >= 4 is 27.5 Å². The highest BCUT2D eigenvalue weighted by Crippen LogP contribution is 2.23. The first-order chi connectivity index (χ1) is 15.7. The molecule has 0 saturated carbocycles. The zero-order valence-corrected chi connectivity index (χ0v) is 20.3. The van der Waals surface area contributed by atoms with Crippen LogP contribution in [0.25, 0.3) is 0 Å². The lowest BCUT2D eigenvalue weighted by molar-refractivity contribution is -0.126. The van der Waals surface area contributed by atoms with E-state index in [2.05, 4.69) is 23.9 Å². The van der Waals surface area contributed by atoms with E-state index < -0.39 is 10.0 Å². The van der Waals surface area contributed by atoms with Crippen molar-refractivity contribution in [3.05, 3.63) is 59.7 Å². The van der Waals surface area contributed by atoms with Crippen molar-refractivity contribution in [1.29, 1.82) is 0 Å². The van der Waals surface area contributed by atoms with E-state index in [9.17, 15) is 18.0 Å². The fraction of sp³-hybridized carbons (Fsp3) is 0.440. The number of sulfonamides is 1. The molecule has 0 bridgehead atoms. The zero-order valence-electron chi connectivity index (χ0n) is 19.5. The van der Waals surface area contributed by atoms with Gasteiger partial charge in [0.25, 0.3) is 15.9 Å². The number of carbonyl (C=O) groups excluding carboxylic acids is 2. The molecule has 178 valence electrons. The molecule has 0 spiro atoms. The van der Waals surface area contributed by atoms with Gasteiger partial charge in [0.2, 0.25) is 5.91 Å². The number of piperidine rings is 1. The highest BCUT2D eigenvalue weighted by Gasteiger charge is 2.29. The predicted molar refractivity (Wildman–Crippen MR) is 130 cm³/mol. The van der Waals surface area contributed by atoms with E-state index in [-0.39, 0.29) is 22.6 Å². The standard InChI is InChI=1S/C25H33N3O4S/c1-18(2)13-14-26-24(29)21-10-7-15-28(17-21)25(30)20-9-6-11-22(16-20)27-33(31,32)23-12-5-4-8-19(23)3/h4-6,8-9,11-12,16,18,21,27H,7,10,13-15,17H2,1-3H3,(H,26,29)/t21-/m0/s1. The number of benzene rings is 2. The average Bonchev–Trinajstić information content (AvgIpc) is 2.78. The van der Waals surface area contributed by atoms with Gasteiger partial charge in [-0.25, -0.2) is 8.42 Å². The minimum Gasteiger partial charge on any atom is -0.356 e. The van der Waals surface area contributed by atoms with Crippen LogP contribution in [0.4, 0.5) is 5.69 Å². The molecule has 1 fully saturated rings. The Balaban J connectivity index is 1.68. The maximum atomic E-state index is 13.1. The Morgan fingerprint density at radius 1 is 1.12 bits per heavy atom. The number of likely N-dealkylation sites (tertiary alicyclic amines) is 1. The van der Waals surface area contributed by atoms with Gasteiger partial charge in [-0.15, -0.1) is 0 Å². The van der Waals surface area contributed by atoms with E-state index in [0.29, 0.717) is 42.4 Å². The summed E-state index contributed by atoms with van der Waals surface area (Å²) in [5.74, 6) is 0.0855. The number of aryl methyl sites for hydroxylation is 1. The van der Waals surface area contributed by atoms with Crippen LogP contribution in [0.5, 0.6) is 0 Å². The topological polar surface area (TPSA) is 95.6 Å². The molecule has 2 aromatic rings. The molecule has 1 aliphatic rings. The summed E-state index contributed by atoms with van der Waals surface area (Å²) in [6.07, 6.45) is 2.44. The molecule has 0 aliphatic carbocycles. The van der Waals surface area contributed by atoms with Crippen LogP contribution in [-0.4, -0.2) is 44.8 Å². The Hall–Kier alpha value is -2.87. The van der Waals surface area contributed by atoms with Crippen LogP contribution in [-0.2, 0) is 14.8 Å². The Morgan fingerprint density at radius 2 is 1.88 bits per heavy atom. The van der Waals surface area contributed by atoms with E-state index in [1.54, 1.807) is 60.4 Å². The first kappa shape index (κ1) is 24.8. The number of amides is 2. The van der Waals surface area contributed by atoms with Gasteiger partial charge < -0.3 is 10.2 Å². The van der Waals surface area contributed by atoms with Crippen LogP contribution in [0.15, 0.2) is 53.4 Å². The van der Waals surface area contributed by atoms with Gasteiger partial charge in [-0.1, -0.05) is 38.1 Å². The Morgan fingerprint density at radius 3 is 2.61 bits per heavy atom. The first-order valence-corrected chi connectivity index (χ1v) is 12.9. The van der Waals surface area contributed by atoms with Crippen molar-refractivity contribution in [3.8, 4) is 0 Å². The second kappa shape index (κ2) is 10.8. The van der Waals surface area contributed by atoms with E-state index >= 15 is 0 Å². The fourth-order valence-electron chi connectivity index (χ4n) is 3.97. The van der Waals surface area contributed by atoms with E-state index in [1.807, 2.05) is 0 Å². The molecule has 2 aromatic carbocycles. The van der Waals surface area contributed by atoms with Gasteiger partial charge in [-0.05, 0) is 61.9 Å². The van der Waals surface area contributed by atoms with Gasteiger partial charge in [0.05, 0.1) is 10.8 Å². The molecule has 33 heavy (non-hydrogen) atoms. The van der Waals surface area contributed by atoms with Gasteiger partial charge in [0.15, 0.2) is 0 Å². The van der Waals surface area contributed by atoms with Crippen LogP contribution in [0, 0.1) is 18.8 Å². The molecular formula is C25H33N3O4S. The van der Waals surface area contributed by atoms with Crippen LogP contribution in [0.1, 0.15) is 49.0 Å². The number of carbonyl (C=O) groups is 2. The van der Waals surface area contributed by atoms with E-state index in [0.717, 1.165) is 19.3 Å². The number of hydrogen-bond donors (Lipinski definition) is 2. The number of nitrogens with one attached hydrogen (secondary N) is 2. The van der Waals surface area contributed by atoms with Gasteiger partial charge in [-0.2, -0.15) is 0 Å². The van der Waals surface area contributed by atoms with Gasteiger partial charge in [0.1, 0.15) is 0 Å². The molecule has 0 aromatic heterocycles. The van der Waals surface area contributed by atoms with Crippen LogP contribution < -0.4 is 10.0 Å². The quantitative estimate of drug-likeness (QED) is 0.612. The van der Waals surface area contributed by atoms with Crippen molar-refractivity contribution in [2.45, 2.75) is 44.9 Å². The third-order valence-corrected chi connectivity index (χ3v) is 7.39. The maximum Gasteiger partial charge on any atom is 0.262 e.